The Kier molecular flexibility index (Phi) is 5.35. The lowest BCUT2D eigenvalue weighted by molar-refractivity contribution is 0.0511. The highest BCUT2D eigenvalue weighted by molar-refractivity contribution is 6.01. The van der Waals surface area contributed by atoms with Gasteiger partial charge >= 0.3 is 5.97 Å². The summed E-state index contributed by atoms with van der Waals surface area (Å²) in [6.07, 6.45) is 0.671. The number of ether oxygens (including phenoxy) is 2. The Morgan fingerprint density at radius 2 is 1.78 bits per heavy atom. The minimum atomic E-state index is -0.497. The molecular weight excluding hydrogens is 344 g/mol. The quantitative estimate of drug-likeness (QED) is 0.625. The molecule has 3 aromatic rings. The fourth-order valence-electron chi connectivity index (χ4n) is 3.35. The number of nitrogens with zero attached hydrogens (tertiary/aromatic N) is 2. The molecule has 2 heterocycles. The normalized spacial score (nSPS) is 11.0. The molecule has 27 heavy (non-hydrogen) atoms. The van der Waals surface area contributed by atoms with Crippen LogP contribution in [0.15, 0.2) is 41.2 Å². The van der Waals surface area contributed by atoms with Crippen molar-refractivity contribution in [3.63, 3.8) is 0 Å². The summed E-state index contributed by atoms with van der Waals surface area (Å²) >= 11 is 0. The number of fused-ring (bicyclic) bond motifs is 1. The molecule has 0 radical (unpaired) electrons. The maximum atomic E-state index is 13.5. The molecule has 6 heteroatoms. The van der Waals surface area contributed by atoms with Crippen molar-refractivity contribution >= 4 is 16.9 Å². The Morgan fingerprint density at radius 1 is 1.07 bits per heavy atom. The second kappa shape index (κ2) is 7.70. The molecular formula is C21H24N2O4. The van der Waals surface area contributed by atoms with Crippen LogP contribution in [0.3, 0.4) is 0 Å². The molecule has 0 spiro atoms. The Morgan fingerprint density at radius 3 is 2.37 bits per heavy atom. The van der Waals surface area contributed by atoms with Crippen molar-refractivity contribution < 1.29 is 14.3 Å². The summed E-state index contributed by atoms with van der Waals surface area (Å²) in [6.45, 7) is 6.16. The van der Waals surface area contributed by atoms with Gasteiger partial charge in [-0.25, -0.2) is 4.79 Å². The smallest absolute Gasteiger partial charge is 0.358 e. The van der Waals surface area contributed by atoms with Gasteiger partial charge in [-0.15, -0.1) is 0 Å². The summed E-state index contributed by atoms with van der Waals surface area (Å²) in [6, 6.07) is 11.4. The second-order valence-corrected chi connectivity index (χ2v) is 6.12. The molecule has 6 nitrogen and oxygen atoms in total. The number of esters is 1. The highest BCUT2D eigenvalue weighted by atomic mass is 16.5. The van der Waals surface area contributed by atoms with Crippen molar-refractivity contribution in [2.75, 3.05) is 13.2 Å². The van der Waals surface area contributed by atoms with E-state index in [0.717, 1.165) is 11.4 Å². The number of aromatic nitrogens is 2. The van der Waals surface area contributed by atoms with Crippen molar-refractivity contribution in [2.24, 2.45) is 7.05 Å². The summed E-state index contributed by atoms with van der Waals surface area (Å²) < 4.78 is 14.3. The van der Waals surface area contributed by atoms with Crippen LogP contribution in [0.4, 0.5) is 0 Å². The van der Waals surface area contributed by atoms with Crippen LogP contribution in [0.5, 0.6) is 5.75 Å². The van der Waals surface area contributed by atoms with Gasteiger partial charge in [-0.3, -0.25) is 9.36 Å². The molecule has 0 bridgehead atoms. The van der Waals surface area contributed by atoms with Gasteiger partial charge in [0.1, 0.15) is 5.39 Å². The number of benzene rings is 1. The van der Waals surface area contributed by atoms with Gasteiger partial charge in [-0.1, -0.05) is 25.1 Å². The number of carbonyl (C=O) groups excluding carboxylic acids is 1. The Balaban J connectivity index is 2.42. The van der Waals surface area contributed by atoms with Crippen LogP contribution < -0.4 is 10.3 Å². The van der Waals surface area contributed by atoms with Crippen LogP contribution >= 0.6 is 0 Å². The molecule has 0 saturated carbocycles. The van der Waals surface area contributed by atoms with Crippen LogP contribution in [0.1, 0.15) is 37.0 Å². The first-order chi connectivity index (χ1) is 13.0. The molecule has 0 fully saturated rings. The van der Waals surface area contributed by atoms with E-state index in [1.54, 1.807) is 23.1 Å². The topological polar surface area (TPSA) is 62.5 Å². The number of para-hydroxylation sites is 1. The van der Waals surface area contributed by atoms with Gasteiger partial charge in [-0.05, 0) is 38.5 Å². The summed E-state index contributed by atoms with van der Waals surface area (Å²) in [5, 5.41) is 0.392. The monoisotopic (exact) mass is 368 g/mol. The highest BCUT2D eigenvalue weighted by Crippen LogP contribution is 2.32. The summed E-state index contributed by atoms with van der Waals surface area (Å²) in [4.78, 5) is 26.0. The van der Waals surface area contributed by atoms with Crippen molar-refractivity contribution in [3.05, 3.63) is 58.1 Å². The zero-order valence-electron chi connectivity index (χ0n) is 16.1. The summed E-state index contributed by atoms with van der Waals surface area (Å²) in [5.74, 6) is -0.214. The second-order valence-electron chi connectivity index (χ2n) is 6.12. The summed E-state index contributed by atoms with van der Waals surface area (Å²) in [5.41, 5.74) is 2.36. The first-order valence-electron chi connectivity index (χ1n) is 9.17. The van der Waals surface area contributed by atoms with E-state index in [1.165, 1.54) is 0 Å². The van der Waals surface area contributed by atoms with Gasteiger partial charge in [0.25, 0.3) is 5.56 Å². The van der Waals surface area contributed by atoms with Crippen molar-refractivity contribution in [1.82, 2.24) is 9.13 Å². The lowest BCUT2D eigenvalue weighted by Gasteiger charge is -2.13. The zero-order valence-corrected chi connectivity index (χ0v) is 16.1. The third kappa shape index (κ3) is 3.12. The van der Waals surface area contributed by atoms with E-state index < -0.39 is 5.97 Å². The van der Waals surface area contributed by atoms with E-state index in [1.807, 2.05) is 50.2 Å². The predicted octanol–water partition coefficient (Wildman–Crippen LogP) is 3.47. The predicted molar refractivity (Wildman–Crippen MR) is 105 cm³/mol. The third-order valence-corrected chi connectivity index (χ3v) is 4.54. The maximum absolute atomic E-state index is 13.5. The molecule has 1 aromatic carbocycles. The minimum Gasteiger partial charge on any atom is -0.490 e. The number of pyridine rings is 1. The standard InChI is InChI=1S/C21H24N2O4/c1-5-14-13-16-17(20(24)23(14)15-11-9-8-10-12-15)19(26-6-2)18(22(16)4)21(25)27-7-3/h8-13H,5-7H2,1-4H3. The largest absolute Gasteiger partial charge is 0.490 e. The van der Waals surface area contributed by atoms with E-state index in [9.17, 15) is 9.59 Å². The molecule has 0 atom stereocenters. The van der Waals surface area contributed by atoms with Crippen LogP contribution in [-0.4, -0.2) is 28.3 Å². The van der Waals surface area contributed by atoms with Crippen molar-refractivity contribution in [3.8, 4) is 11.4 Å². The minimum absolute atomic E-state index is 0.204. The summed E-state index contributed by atoms with van der Waals surface area (Å²) in [7, 11) is 1.75. The van der Waals surface area contributed by atoms with Gasteiger partial charge in [-0.2, -0.15) is 0 Å². The number of hydrogen-bond donors (Lipinski definition) is 0. The van der Waals surface area contributed by atoms with Crippen molar-refractivity contribution in [2.45, 2.75) is 27.2 Å². The lowest BCUT2D eigenvalue weighted by Crippen LogP contribution is -2.22. The lowest BCUT2D eigenvalue weighted by atomic mass is 10.2. The average molecular weight is 368 g/mol. The van der Waals surface area contributed by atoms with Gasteiger partial charge < -0.3 is 14.0 Å². The molecule has 0 aliphatic heterocycles. The molecule has 2 aromatic heterocycles. The van der Waals surface area contributed by atoms with Crippen LogP contribution in [0.25, 0.3) is 16.6 Å². The van der Waals surface area contributed by atoms with Gasteiger partial charge in [0.2, 0.25) is 0 Å². The molecule has 142 valence electrons. The van der Waals surface area contributed by atoms with Crippen LogP contribution in [-0.2, 0) is 18.2 Å². The molecule has 0 unspecified atom stereocenters. The highest BCUT2D eigenvalue weighted by Gasteiger charge is 2.27. The number of carbonyl (C=O) groups is 1. The molecule has 0 amide bonds. The van der Waals surface area contributed by atoms with E-state index >= 15 is 0 Å². The average Bonchev–Trinajstić information content (AvgIpc) is 2.95. The van der Waals surface area contributed by atoms with E-state index in [-0.39, 0.29) is 23.6 Å². The Labute approximate surface area is 157 Å². The van der Waals surface area contributed by atoms with E-state index in [4.69, 9.17) is 9.47 Å². The third-order valence-electron chi connectivity index (χ3n) is 4.54. The van der Waals surface area contributed by atoms with Gasteiger partial charge in [0, 0.05) is 18.4 Å². The molecule has 0 N–H and O–H groups in total. The first kappa shape index (κ1) is 18.8. The molecule has 3 rings (SSSR count). The SMILES string of the molecule is CCOC(=O)c1c(OCC)c2c(=O)n(-c3ccccc3)c(CC)cc2n1C. The molecule has 0 saturated heterocycles. The number of aryl methyl sites for hydroxylation is 2. The molecule has 0 aliphatic rings. The fraction of sp³-hybridized carbons (Fsp3) is 0.333. The Bertz CT molecular complexity index is 1030. The van der Waals surface area contributed by atoms with Gasteiger partial charge in [0.05, 0.1) is 18.7 Å². The number of hydrogen-bond acceptors (Lipinski definition) is 4. The van der Waals surface area contributed by atoms with Crippen molar-refractivity contribution in [1.29, 1.82) is 0 Å². The number of rotatable bonds is 6. The molecule has 0 aliphatic carbocycles. The maximum Gasteiger partial charge on any atom is 0.358 e. The van der Waals surface area contributed by atoms with E-state index in [0.29, 0.717) is 23.9 Å². The zero-order chi connectivity index (χ0) is 19.6. The Hall–Kier alpha value is -3.02. The fourth-order valence-corrected chi connectivity index (χ4v) is 3.35. The van der Waals surface area contributed by atoms with Crippen LogP contribution in [0, 0.1) is 0 Å². The van der Waals surface area contributed by atoms with E-state index in [2.05, 4.69) is 0 Å². The first-order valence-corrected chi connectivity index (χ1v) is 9.17. The van der Waals surface area contributed by atoms with Crippen LogP contribution in [0.2, 0.25) is 0 Å². The van der Waals surface area contributed by atoms with Gasteiger partial charge in [0.15, 0.2) is 11.4 Å².